The van der Waals surface area contributed by atoms with Gasteiger partial charge < -0.3 is 10.2 Å². The maximum absolute atomic E-state index is 12.6. The Bertz CT molecular complexity index is 775. The van der Waals surface area contributed by atoms with Gasteiger partial charge in [0, 0.05) is 23.8 Å². The Labute approximate surface area is 142 Å². The molecule has 1 aliphatic rings. The number of carbonyl (C=O) groups excluding carboxylic acids is 3. The second-order valence-electron chi connectivity index (χ2n) is 5.36. The fourth-order valence-corrected chi connectivity index (χ4v) is 3.09. The minimum absolute atomic E-state index is 0.240. The molecule has 1 aromatic carbocycles. The second-order valence-corrected chi connectivity index (χ2v) is 6.25. The van der Waals surface area contributed by atoms with E-state index in [9.17, 15) is 14.4 Å². The number of amides is 3. The lowest BCUT2D eigenvalue weighted by Crippen LogP contribution is -2.49. The summed E-state index contributed by atoms with van der Waals surface area (Å²) in [5, 5.41) is 6.84. The highest BCUT2D eigenvalue weighted by Crippen LogP contribution is 2.27. The van der Waals surface area contributed by atoms with Crippen molar-refractivity contribution < 1.29 is 14.4 Å². The first kappa shape index (κ1) is 16.1. The first-order chi connectivity index (χ1) is 11.6. The van der Waals surface area contributed by atoms with Gasteiger partial charge in [-0.15, -0.1) is 11.3 Å². The van der Waals surface area contributed by atoms with Gasteiger partial charge in [-0.1, -0.05) is 18.2 Å². The summed E-state index contributed by atoms with van der Waals surface area (Å²) in [4.78, 5) is 41.8. The molecule has 0 unspecified atom stereocenters. The number of carbonyl (C=O) groups is 3. The molecule has 1 atom stereocenters. The largest absolute Gasteiger partial charge is 0.336 e. The monoisotopic (exact) mass is 344 g/mol. The quantitative estimate of drug-likeness (QED) is 0.818. The van der Waals surface area contributed by atoms with Gasteiger partial charge in [-0.05, 0) is 25.0 Å². The SMILES string of the molecule is C[C@@H](NC(=O)C(=O)Nc1nccs1)C(=O)N1CCc2ccccc21. The van der Waals surface area contributed by atoms with Crippen LogP contribution in [0.25, 0.3) is 0 Å². The van der Waals surface area contributed by atoms with E-state index in [4.69, 9.17) is 0 Å². The standard InChI is InChI=1S/C16H16N4O3S/c1-10(18-13(21)14(22)19-16-17-7-9-24-16)15(23)20-8-6-11-4-2-3-5-12(11)20/h2-5,7,9-10H,6,8H2,1H3,(H,18,21)(H,17,19,22)/t10-/m1/s1. The third-order valence-electron chi connectivity index (χ3n) is 3.73. The molecule has 0 radical (unpaired) electrons. The van der Waals surface area contributed by atoms with Crippen molar-refractivity contribution >= 4 is 39.9 Å². The lowest BCUT2D eigenvalue weighted by Gasteiger charge is -2.22. The number of hydrogen-bond acceptors (Lipinski definition) is 5. The third-order valence-corrected chi connectivity index (χ3v) is 4.42. The van der Waals surface area contributed by atoms with Crippen LogP contribution in [0, 0.1) is 0 Å². The molecule has 124 valence electrons. The van der Waals surface area contributed by atoms with Gasteiger partial charge in [0.2, 0.25) is 5.91 Å². The topological polar surface area (TPSA) is 91.4 Å². The van der Waals surface area contributed by atoms with Crippen molar-refractivity contribution in [2.45, 2.75) is 19.4 Å². The zero-order valence-corrected chi connectivity index (χ0v) is 13.8. The predicted molar refractivity (Wildman–Crippen MR) is 90.8 cm³/mol. The van der Waals surface area contributed by atoms with Crippen LogP contribution in [0.15, 0.2) is 35.8 Å². The van der Waals surface area contributed by atoms with Crippen LogP contribution >= 0.6 is 11.3 Å². The van der Waals surface area contributed by atoms with Crippen LogP contribution in [0.1, 0.15) is 12.5 Å². The fraction of sp³-hybridized carbons (Fsp3) is 0.250. The summed E-state index contributed by atoms with van der Waals surface area (Å²) in [7, 11) is 0. The Kier molecular flexibility index (Phi) is 4.57. The molecule has 0 saturated heterocycles. The van der Waals surface area contributed by atoms with Crippen molar-refractivity contribution in [2.75, 3.05) is 16.8 Å². The molecule has 0 bridgehead atoms. The lowest BCUT2D eigenvalue weighted by atomic mass is 10.2. The number of anilines is 2. The molecule has 2 heterocycles. The molecular weight excluding hydrogens is 328 g/mol. The Balaban J connectivity index is 1.60. The number of hydrogen-bond donors (Lipinski definition) is 2. The third kappa shape index (κ3) is 3.28. The predicted octanol–water partition coefficient (Wildman–Crippen LogP) is 1.18. The van der Waals surface area contributed by atoms with E-state index in [0.29, 0.717) is 11.7 Å². The van der Waals surface area contributed by atoms with Crippen LogP contribution in [-0.2, 0) is 20.8 Å². The van der Waals surface area contributed by atoms with Gasteiger partial charge in [0.15, 0.2) is 5.13 Å². The maximum atomic E-state index is 12.6. The number of aromatic nitrogens is 1. The summed E-state index contributed by atoms with van der Waals surface area (Å²) in [5.41, 5.74) is 1.96. The summed E-state index contributed by atoms with van der Waals surface area (Å²) in [5.74, 6) is -1.94. The second kappa shape index (κ2) is 6.79. The molecule has 1 aliphatic heterocycles. The number of nitrogens with one attached hydrogen (secondary N) is 2. The summed E-state index contributed by atoms with van der Waals surface area (Å²) >= 11 is 1.21. The Morgan fingerprint density at radius 2 is 2.04 bits per heavy atom. The highest BCUT2D eigenvalue weighted by atomic mass is 32.1. The van der Waals surface area contributed by atoms with Crippen LogP contribution in [0.3, 0.4) is 0 Å². The number of rotatable bonds is 3. The summed E-state index contributed by atoms with van der Waals surface area (Å²) in [6.07, 6.45) is 2.31. The molecule has 3 amide bonds. The van der Waals surface area contributed by atoms with Crippen molar-refractivity contribution in [3.05, 3.63) is 41.4 Å². The van der Waals surface area contributed by atoms with Crippen molar-refractivity contribution in [3.63, 3.8) is 0 Å². The number of para-hydroxylation sites is 1. The van der Waals surface area contributed by atoms with Gasteiger partial charge in [0.1, 0.15) is 6.04 Å². The van der Waals surface area contributed by atoms with Gasteiger partial charge in [0.25, 0.3) is 0 Å². The van der Waals surface area contributed by atoms with E-state index in [2.05, 4.69) is 15.6 Å². The number of nitrogens with zero attached hydrogens (tertiary/aromatic N) is 2. The molecule has 0 fully saturated rings. The first-order valence-electron chi connectivity index (χ1n) is 7.47. The van der Waals surface area contributed by atoms with Gasteiger partial charge in [-0.3, -0.25) is 19.7 Å². The van der Waals surface area contributed by atoms with Crippen molar-refractivity contribution in [1.82, 2.24) is 10.3 Å². The van der Waals surface area contributed by atoms with E-state index in [1.165, 1.54) is 17.5 Å². The van der Waals surface area contributed by atoms with Crippen molar-refractivity contribution in [2.24, 2.45) is 0 Å². The van der Waals surface area contributed by atoms with E-state index in [0.717, 1.165) is 17.7 Å². The van der Waals surface area contributed by atoms with E-state index >= 15 is 0 Å². The van der Waals surface area contributed by atoms with Gasteiger partial charge >= 0.3 is 11.8 Å². The van der Waals surface area contributed by atoms with Gasteiger partial charge in [-0.25, -0.2) is 4.98 Å². The van der Waals surface area contributed by atoms with Gasteiger partial charge in [0.05, 0.1) is 0 Å². The molecule has 24 heavy (non-hydrogen) atoms. The van der Waals surface area contributed by atoms with E-state index < -0.39 is 17.9 Å². The number of fused-ring (bicyclic) bond motifs is 1. The maximum Gasteiger partial charge on any atom is 0.315 e. The molecule has 2 aromatic rings. The molecule has 8 heteroatoms. The molecule has 2 N–H and O–H groups in total. The Hall–Kier alpha value is -2.74. The van der Waals surface area contributed by atoms with Crippen LogP contribution in [0.2, 0.25) is 0 Å². The molecule has 0 aliphatic carbocycles. The summed E-state index contributed by atoms with van der Waals surface area (Å²) in [6.45, 7) is 2.14. The van der Waals surface area contributed by atoms with Crippen molar-refractivity contribution in [3.8, 4) is 0 Å². The minimum atomic E-state index is -0.862. The van der Waals surface area contributed by atoms with Crippen LogP contribution < -0.4 is 15.5 Å². The first-order valence-corrected chi connectivity index (χ1v) is 8.35. The normalized spacial score (nSPS) is 14.0. The van der Waals surface area contributed by atoms with E-state index in [1.54, 1.807) is 17.2 Å². The smallest absolute Gasteiger partial charge is 0.315 e. The number of thiazole rings is 1. The van der Waals surface area contributed by atoms with Crippen LogP contribution in [-0.4, -0.2) is 35.3 Å². The molecule has 0 spiro atoms. The highest BCUT2D eigenvalue weighted by Gasteiger charge is 2.29. The summed E-state index contributed by atoms with van der Waals surface area (Å²) < 4.78 is 0. The van der Waals surface area contributed by atoms with E-state index in [1.807, 2.05) is 24.3 Å². The Morgan fingerprint density at radius 1 is 1.25 bits per heavy atom. The molecule has 1 aromatic heterocycles. The molecular formula is C16H16N4O3S. The fourth-order valence-electron chi connectivity index (χ4n) is 2.56. The minimum Gasteiger partial charge on any atom is -0.336 e. The zero-order valence-electron chi connectivity index (χ0n) is 13.0. The van der Waals surface area contributed by atoms with E-state index in [-0.39, 0.29) is 5.91 Å². The summed E-state index contributed by atoms with van der Waals surface area (Å²) in [6, 6.07) is 6.86. The highest BCUT2D eigenvalue weighted by molar-refractivity contribution is 7.13. The average molecular weight is 344 g/mol. The average Bonchev–Trinajstić information content (AvgIpc) is 3.23. The van der Waals surface area contributed by atoms with Crippen LogP contribution in [0.5, 0.6) is 0 Å². The van der Waals surface area contributed by atoms with Crippen LogP contribution in [0.4, 0.5) is 10.8 Å². The van der Waals surface area contributed by atoms with Gasteiger partial charge in [-0.2, -0.15) is 0 Å². The zero-order chi connectivity index (χ0) is 17.1. The Morgan fingerprint density at radius 3 is 2.79 bits per heavy atom. The molecule has 3 rings (SSSR count). The number of benzene rings is 1. The molecule has 0 saturated carbocycles. The van der Waals surface area contributed by atoms with Crippen molar-refractivity contribution in [1.29, 1.82) is 0 Å². The lowest BCUT2D eigenvalue weighted by molar-refractivity contribution is -0.137. The molecule has 7 nitrogen and oxygen atoms in total.